The van der Waals surface area contributed by atoms with Crippen molar-refractivity contribution in [1.82, 2.24) is 9.78 Å². The van der Waals surface area contributed by atoms with Gasteiger partial charge >= 0.3 is 12.1 Å². The van der Waals surface area contributed by atoms with E-state index in [-0.39, 0.29) is 11.6 Å². The zero-order valence-corrected chi connectivity index (χ0v) is 8.86. The lowest BCUT2D eigenvalue weighted by atomic mass is 10.1. The van der Waals surface area contributed by atoms with Crippen LogP contribution in [0.3, 0.4) is 0 Å². The number of hydrogen-bond acceptors (Lipinski definition) is 3. The predicted octanol–water partition coefficient (Wildman–Crippen LogP) is 1.29. The van der Waals surface area contributed by atoms with Crippen LogP contribution in [0.4, 0.5) is 13.2 Å². The molecular weight excluding hydrogens is 253 g/mol. The molecule has 1 fully saturated rings. The first kappa shape index (κ1) is 11.2. The SMILES string of the molecule is O=C(O)Cn1nc(C(F)(F)F)c2c1C1CC1C2=O. The maximum absolute atomic E-state index is 12.7. The number of aliphatic carboxylic acids is 1. The van der Waals surface area contributed by atoms with Gasteiger partial charge < -0.3 is 5.11 Å². The Balaban J connectivity index is 2.16. The van der Waals surface area contributed by atoms with E-state index in [9.17, 15) is 22.8 Å². The zero-order valence-electron chi connectivity index (χ0n) is 8.86. The summed E-state index contributed by atoms with van der Waals surface area (Å²) in [5.74, 6) is -2.53. The Hall–Kier alpha value is -1.86. The fourth-order valence-electron chi connectivity index (χ4n) is 2.51. The van der Waals surface area contributed by atoms with Crippen LogP contribution in [0.25, 0.3) is 0 Å². The molecule has 96 valence electrons. The smallest absolute Gasteiger partial charge is 0.435 e. The lowest BCUT2D eigenvalue weighted by Crippen LogP contribution is -2.15. The van der Waals surface area contributed by atoms with Crippen LogP contribution in [0.2, 0.25) is 0 Å². The molecule has 2 atom stereocenters. The number of hydrogen-bond donors (Lipinski definition) is 1. The van der Waals surface area contributed by atoms with E-state index >= 15 is 0 Å². The maximum atomic E-state index is 12.7. The third kappa shape index (κ3) is 1.37. The summed E-state index contributed by atoms with van der Waals surface area (Å²) in [6.07, 6.45) is -4.24. The molecule has 1 saturated carbocycles. The highest BCUT2D eigenvalue weighted by Crippen LogP contribution is 2.57. The summed E-state index contributed by atoms with van der Waals surface area (Å²) < 4.78 is 39.0. The zero-order chi connectivity index (χ0) is 13.2. The number of rotatable bonds is 2. The number of fused-ring (bicyclic) bond motifs is 3. The van der Waals surface area contributed by atoms with Crippen molar-refractivity contribution < 1.29 is 27.9 Å². The van der Waals surface area contributed by atoms with E-state index in [2.05, 4.69) is 5.10 Å². The van der Waals surface area contributed by atoms with E-state index in [4.69, 9.17) is 5.11 Å². The van der Waals surface area contributed by atoms with Crippen molar-refractivity contribution >= 4 is 11.8 Å². The van der Waals surface area contributed by atoms with Crippen LogP contribution in [0.5, 0.6) is 0 Å². The van der Waals surface area contributed by atoms with Gasteiger partial charge in [-0.25, -0.2) is 0 Å². The molecule has 5 nitrogen and oxygen atoms in total. The van der Waals surface area contributed by atoms with Crippen molar-refractivity contribution in [2.45, 2.75) is 25.1 Å². The van der Waals surface area contributed by atoms with Gasteiger partial charge in [0.25, 0.3) is 0 Å². The Morgan fingerprint density at radius 2 is 2.11 bits per heavy atom. The molecule has 0 aromatic carbocycles. The molecule has 2 aliphatic rings. The monoisotopic (exact) mass is 260 g/mol. The number of Topliss-reactive ketones (excluding diaryl/α,β-unsaturated/α-hetero) is 1. The van der Waals surface area contributed by atoms with Crippen molar-refractivity contribution in [3.05, 3.63) is 17.0 Å². The average molecular weight is 260 g/mol. The van der Waals surface area contributed by atoms with Crippen molar-refractivity contribution in [3.63, 3.8) is 0 Å². The van der Waals surface area contributed by atoms with E-state index in [0.717, 1.165) is 4.68 Å². The first-order valence-corrected chi connectivity index (χ1v) is 5.24. The molecule has 0 amide bonds. The van der Waals surface area contributed by atoms with Crippen LogP contribution in [-0.2, 0) is 17.5 Å². The summed E-state index contributed by atoms with van der Waals surface area (Å²) >= 11 is 0. The second-order valence-electron chi connectivity index (χ2n) is 4.47. The molecule has 2 aliphatic carbocycles. The van der Waals surface area contributed by atoms with E-state index in [0.29, 0.717) is 6.42 Å². The quantitative estimate of drug-likeness (QED) is 0.869. The van der Waals surface area contributed by atoms with Gasteiger partial charge in [-0.2, -0.15) is 18.3 Å². The maximum Gasteiger partial charge on any atom is 0.435 e. The Bertz CT molecular complexity index is 576. The number of carbonyl (C=O) groups is 2. The van der Waals surface area contributed by atoms with E-state index in [1.54, 1.807) is 0 Å². The van der Waals surface area contributed by atoms with Crippen LogP contribution < -0.4 is 0 Å². The topological polar surface area (TPSA) is 72.2 Å². The van der Waals surface area contributed by atoms with Gasteiger partial charge in [0.05, 0.1) is 11.3 Å². The fourth-order valence-corrected chi connectivity index (χ4v) is 2.51. The molecule has 8 heteroatoms. The summed E-state index contributed by atoms with van der Waals surface area (Å²) in [4.78, 5) is 22.3. The van der Waals surface area contributed by atoms with Crippen molar-refractivity contribution in [3.8, 4) is 0 Å². The number of carboxylic acids is 1. The number of alkyl halides is 3. The second-order valence-corrected chi connectivity index (χ2v) is 4.47. The number of carboxylic acid groups (broad SMARTS) is 1. The normalized spacial score (nSPS) is 24.9. The molecule has 18 heavy (non-hydrogen) atoms. The third-order valence-electron chi connectivity index (χ3n) is 3.27. The predicted molar refractivity (Wildman–Crippen MR) is 50.0 cm³/mol. The minimum atomic E-state index is -4.74. The van der Waals surface area contributed by atoms with Gasteiger partial charge in [0.2, 0.25) is 0 Å². The first-order chi connectivity index (χ1) is 8.30. The molecular formula is C10H7F3N2O3. The number of nitrogens with zero attached hydrogens (tertiary/aromatic N) is 2. The Morgan fingerprint density at radius 1 is 1.44 bits per heavy atom. The highest BCUT2D eigenvalue weighted by Gasteiger charge is 2.58. The Morgan fingerprint density at radius 3 is 2.67 bits per heavy atom. The number of carbonyl (C=O) groups excluding carboxylic acids is 1. The summed E-state index contributed by atoms with van der Waals surface area (Å²) in [7, 11) is 0. The van der Waals surface area contributed by atoms with Gasteiger partial charge in [0.15, 0.2) is 11.5 Å². The summed E-state index contributed by atoms with van der Waals surface area (Å²) in [5, 5.41) is 11.9. The van der Waals surface area contributed by atoms with Gasteiger partial charge in [-0.3, -0.25) is 14.3 Å². The molecule has 1 aromatic heterocycles. The molecule has 0 aliphatic heterocycles. The molecule has 0 spiro atoms. The minimum absolute atomic E-state index is 0.139. The van der Waals surface area contributed by atoms with Crippen LogP contribution in [0.15, 0.2) is 0 Å². The van der Waals surface area contributed by atoms with E-state index < -0.39 is 41.6 Å². The Kier molecular flexibility index (Phi) is 1.95. The molecule has 1 N–H and O–H groups in total. The van der Waals surface area contributed by atoms with Crippen LogP contribution in [0, 0.1) is 5.92 Å². The standard InChI is InChI=1S/C10H7F3N2O3/c11-10(12,13)9-6-7(3-1-4(3)8(6)18)15(14-9)2-5(16)17/h3-4H,1-2H2,(H,16,17). The minimum Gasteiger partial charge on any atom is -0.480 e. The van der Waals surface area contributed by atoms with E-state index in [1.165, 1.54) is 0 Å². The molecule has 1 heterocycles. The van der Waals surface area contributed by atoms with E-state index in [1.807, 2.05) is 0 Å². The molecule has 2 unspecified atom stereocenters. The highest BCUT2D eigenvalue weighted by atomic mass is 19.4. The van der Waals surface area contributed by atoms with Crippen LogP contribution in [0.1, 0.15) is 34.1 Å². The van der Waals surface area contributed by atoms with Crippen molar-refractivity contribution in [1.29, 1.82) is 0 Å². The van der Waals surface area contributed by atoms with Gasteiger partial charge in [-0.1, -0.05) is 0 Å². The first-order valence-electron chi connectivity index (χ1n) is 5.24. The number of aromatic nitrogens is 2. The Labute approximate surface area is 98.2 Å². The molecule has 1 aromatic rings. The summed E-state index contributed by atoms with van der Waals surface area (Å²) in [6, 6.07) is 0. The van der Waals surface area contributed by atoms with Gasteiger partial charge in [-0.05, 0) is 6.42 Å². The van der Waals surface area contributed by atoms with Gasteiger partial charge in [-0.15, -0.1) is 0 Å². The average Bonchev–Trinajstić information content (AvgIpc) is 2.83. The number of halogens is 3. The van der Waals surface area contributed by atoms with Gasteiger partial charge in [0, 0.05) is 11.8 Å². The third-order valence-corrected chi connectivity index (χ3v) is 3.27. The van der Waals surface area contributed by atoms with Crippen LogP contribution >= 0.6 is 0 Å². The lowest BCUT2D eigenvalue weighted by molar-refractivity contribution is -0.143. The second kappa shape index (κ2) is 3.12. The largest absolute Gasteiger partial charge is 0.480 e. The summed E-state index contributed by atoms with van der Waals surface area (Å²) in [6.45, 7) is -0.658. The van der Waals surface area contributed by atoms with Crippen molar-refractivity contribution in [2.75, 3.05) is 0 Å². The van der Waals surface area contributed by atoms with Crippen molar-refractivity contribution in [2.24, 2.45) is 5.92 Å². The molecule has 0 bridgehead atoms. The molecule has 0 radical (unpaired) electrons. The molecule has 3 rings (SSSR count). The highest BCUT2D eigenvalue weighted by molar-refractivity contribution is 6.06. The van der Waals surface area contributed by atoms with Crippen LogP contribution in [-0.4, -0.2) is 26.6 Å². The van der Waals surface area contributed by atoms with Gasteiger partial charge in [0.1, 0.15) is 6.54 Å². The lowest BCUT2D eigenvalue weighted by Gasteiger charge is -2.03. The molecule has 0 saturated heterocycles. The fraction of sp³-hybridized carbons (Fsp3) is 0.500. The number of ketones is 1. The summed E-state index contributed by atoms with van der Waals surface area (Å²) in [5.41, 5.74) is -1.54.